The summed E-state index contributed by atoms with van der Waals surface area (Å²) in [6.07, 6.45) is 6.68. The number of hydrogen-bond acceptors (Lipinski definition) is 6. The fourth-order valence-corrected chi connectivity index (χ4v) is 4.52. The van der Waals surface area contributed by atoms with E-state index >= 15 is 0 Å². The van der Waals surface area contributed by atoms with E-state index in [1.54, 1.807) is 56.0 Å². The quantitative estimate of drug-likeness (QED) is 0.471. The molecule has 3 aromatic rings. The standard InChI is InChI=1S/C27H30N6O3/c1-3-8-22(19-9-7-13-29-17-19)31-27(36)33-24(26(35)32(2)20-10-5-4-6-11-20)21(25(33)34)15-18-12-14-30-23(28)16-18/h4-7,9-14,16-17,21-22,24H,3,8,15H2,1-2H3,(H2,28,30)(H,31,36)/t21-,22-,24+/m1/s1. The number of benzene rings is 1. The van der Waals surface area contributed by atoms with Gasteiger partial charge in [0.15, 0.2) is 0 Å². The van der Waals surface area contributed by atoms with Gasteiger partial charge < -0.3 is 16.0 Å². The lowest BCUT2D eigenvalue weighted by Gasteiger charge is -2.46. The molecule has 3 heterocycles. The van der Waals surface area contributed by atoms with Gasteiger partial charge in [0.2, 0.25) is 5.91 Å². The highest BCUT2D eigenvalue weighted by Gasteiger charge is 2.55. The van der Waals surface area contributed by atoms with Gasteiger partial charge in [-0.1, -0.05) is 37.6 Å². The molecule has 3 atom stereocenters. The third-order valence-electron chi connectivity index (χ3n) is 6.42. The van der Waals surface area contributed by atoms with Gasteiger partial charge in [0.1, 0.15) is 11.9 Å². The molecular formula is C27H30N6O3. The Labute approximate surface area is 210 Å². The van der Waals surface area contributed by atoms with Crippen LogP contribution in [0.1, 0.15) is 36.9 Å². The van der Waals surface area contributed by atoms with Crippen molar-refractivity contribution < 1.29 is 14.4 Å². The molecule has 0 bridgehead atoms. The summed E-state index contributed by atoms with van der Waals surface area (Å²) in [4.78, 5) is 51.0. The SMILES string of the molecule is CCC[C@@H](NC(=O)N1C(=O)[C@H](Cc2ccnc(N)c2)[C@H]1C(=O)N(C)c1ccccc1)c1cccnc1. The largest absolute Gasteiger partial charge is 0.384 e. The van der Waals surface area contributed by atoms with Crippen molar-refractivity contribution in [3.05, 3.63) is 84.3 Å². The van der Waals surface area contributed by atoms with Crippen molar-refractivity contribution in [1.29, 1.82) is 0 Å². The van der Waals surface area contributed by atoms with Gasteiger partial charge in [-0.3, -0.25) is 19.5 Å². The molecule has 1 aliphatic rings. The van der Waals surface area contributed by atoms with Crippen LogP contribution in [0, 0.1) is 5.92 Å². The minimum Gasteiger partial charge on any atom is -0.384 e. The maximum Gasteiger partial charge on any atom is 0.325 e. The van der Waals surface area contributed by atoms with E-state index in [1.165, 1.54) is 4.90 Å². The van der Waals surface area contributed by atoms with Gasteiger partial charge in [-0.15, -0.1) is 0 Å². The lowest BCUT2D eigenvalue weighted by atomic mass is 9.81. The van der Waals surface area contributed by atoms with Gasteiger partial charge in [0.05, 0.1) is 12.0 Å². The average Bonchev–Trinajstić information content (AvgIpc) is 2.90. The smallest absolute Gasteiger partial charge is 0.325 e. The zero-order chi connectivity index (χ0) is 25.7. The van der Waals surface area contributed by atoms with Crippen molar-refractivity contribution in [2.75, 3.05) is 17.7 Å². The lowest BCUT2D eigenvalue weighted by Crippen LogP contribution is -2.70. The van der Waals surface area contributed by atoms with Crippen molar-refractivity contribution in [2.45, 2.75) is 38.3 Å². The second-order valence-corrected chi connectivity index (χ2v) is 8.86. The Hall–Kier alpha value is -4.27. The Morgan fingerprint density at radius 1 is 1.14 bits per heavy atom. The molecule has 1 saturated heterocycles. The highest BCUT2D eigenvalue weighted by Crippen LogP contribution is 2.33. The number of urea groups is 1. The molecule has 0 aliphatic carbocycles. The number of nitrogens with two attached hydrogens (primary N) is 1. The number of pyridine rings is 2. The first-order chi connectivity index (χ1) is 17.4. The zero-order valence-electron chi connectivity index (χ0n) is 20.4. The third kappa shape index (κ3) is 5.19. The first-order valence-electron chi connectivity index (χ1n) is 12.0. The molecule has 9 nitrogen and oxygen atoms in total. The predicted octanol–water partition coefficient (Wildman–Crippen LogP) is 3.34. The number of anilines is 2. The maximum atomic E-state index is 13.6. The van der Waals surface area contributed by atoms with E-state index in [0.717, 1.165) is 22.4 Å². The van der Waals surface area contributed by atoms with E-state index < -0.39 is 23.9 Å². The molecule has 1 fully saturated rings. The molecule has 0 radical (unpaired) electrons. The van der Waals surface area contributed by atoms with Gasteiger partial charge in [0, 0.05) is 31.3 Å². The van der Waals surface area contributed by atoms with Crippen molar-refractivity contribution in [3.8, 4) is 0 Å². The highest BCUT2D eigenvalue weighted by atomic mass is 16.2. The number of hydrogen-bond donors (Lipinski definition) is 2. The normalized spacial score (nSPS) is 17.7. The monoisotopic (exact) mass is 486 g/mol. The number of nitrogens with one attached hydrogen (secondary N) is 1. The van der Waals surface area contributed by atoms with Gasteiger partial charge in [-0.2, -0.15) is 0 Å². The number of nitrogen functional groups attached to an aromatic ring is 1. The molecule has 186 valence electrons. The van der Waals surface area contributed by atoms with E-state index in [1.807, 2.05) is 31.2 Å². The van der Waals surface area contributed by atoms with Crippen LogP contribution in [0.3, 0.4) is 0 Å². The van der Waals surface area contributed by atoms with Crippen molar-refractivity contribution in [3.63, 3.8) is 0 Å². The second-order valence-electron chi connectivity index (χ2n) is 8.86. The second kappa shape index (κ2) is 11.0. The van der Waals surface area contributed by atoms with E-state index in [9.17, 15) is 14.4 Å². The fourth-order valence-electron chi connectivity index (χ4n) is 4.52. The summed E-state index contributed by atoms with van der Waals surface area (Å²) in [6, 6.07) is 14.4. The zero-order valence-corrected chi connectivity index (χ0v) is 20.4. The molecule has 1 aromatic carbocycles. The highest BCUT2D eigenvalue weighted by molar-refractivity contribution is 6.12. The van der Waals surface area contributed by atoms with E-state index in [2.05, 4.69) is 15.3 Å². The lowest BCUT2D eigenvalue weighted by molar-refractivity contribution is -0.156. The van der Waals surface area contributed by atoms with Crippen molar-refractivity contribution in [2.24, 2.45) is 5.92 Å². The van der Waals surface area contributed by atoms with Crippen LogP contribution in [0.15, 0.2) is 73.2 Å². The van der Waals surface area contributed by atoms with Crippen LogP contribution in [-0.2, 0) is 16.0 Å². The molecule has 0 spiro atoms. The number of carbonyl (C=O) groups excluding carboxylic acids is 3. The molecule has 0 saturated carbocycles. The Morgan fingerprint density at radius 3 is 2.58 bits per heavy atom. The first kappa shape index (κ1) is 24.8. The van der Waals surface area contributed by atoms with Crippen LogP contribution in [0.25, 0.3) is 0 Å². The number of rotatable bonds is 8. The van der Waals surface area contributed by atoms with Gasteiger partial charge in [-0.05, 0) is 54.3 Å². The summed E-state index contributed by atoms with van der Waals surface area (Å²) in [6.45, 7) is 2.02. The van der Waals surface area contributed by atoms with Crippen LogP contribution in [-0.4, -0.2) is 45.8 Å². The average molecular weight is 487 g/mol. The summed E-state index contributed by atoms with van der Waals surface area (Å²) < 4.78 is 0. The molecular weight excluding hydrogens is 456 g/mol. The summed E-state index contributed by atoms with van der Waals surface area (Å²) in [5.74, 6) is -1.10. The summed E-state index contributed by atoms with van der Waals surface area (Å²) in [7, 11) is 1.65. The number of amides is 4. The Kier molecular flexibility index (Phi) is 7.58. The molecule has 3 N–H and O–H groups in total. The molecule has 4 rings (SSSR count). The van der Waals surface area contributed by atoms with Crippen LogP contribution < -0.4 is 16.0 Å². The molecule has 4 amide bonds. The van der Waals surface area contributed by atoms with Crippen molar-refractivity contribution >= 4 is 29.4 Å². The number of para-hydroxylation sites is 1. The number of aromatic nitrogens is 2. The van der Waals surface area contributed by atoms with Gasteiger partial charge in [-0.25, -0.2) is 9.78 Å². The maximum absolute atomic E-state index is 13.6. The van der Waals surface area contributed by atoms with E-state index in [-0.39, 0.29) is 18.4 Å². The van der Waals surface area contributed by atoms with Gasteiger partial charge in [0.25, 0.3) is 5.91 Å². The Bertz CT molecular complexity index is 1220. The minimum absolute atomic E-state index is 0.273. The fraction of sp³-hybridized carbons (Fsp3) is 0.296. The number of nitrogens with zero attached hydrogens (tertiary/aromatic N) is 4. The Morgan fingerprint density at radius 2 is 1.92 bits per heavy atom. The van der Waals surface area contributed by atoms with Crippen LogP contribution >= 0.6 is 0 Å². The predicted molar refractivity (Wildman–Crippen MR) is 137 cm³/mol. The topological polar surface area (TPSA) is 122 Å². The summed E-state index contributed by atoms with van der Waals surface area (Å²) in [5.41, 5.74) is 8.10. The van der Waals surface area contributed by atoms with Crippen LogP contribution in [0.2, 0.25) is 0 Å². The number of carbonyl (C=O) groups is 3. The summed E-state index contributed by atoms with van der Waals surface area (Å²) >= 11 is 0. The first-order valence-corrected chi connectivity index (χ1v) is 12.0. The molecule has 2 aromatic heterocycles. The van der Waals surface area contributed by atoms with Crippen LogP contribution in [0.4, 0.5) is 16.3 Å². The van der Waals surface area contributed by atoms with Crippen LogP contribution in [0.5, 0.6) is 0 Å². The Balaban J connectivity index is 1.60. The summed E-state index contributed by atoms with van der Waals surface area (Å²) in [5, 5.41) is 2.95. The molecule has 0 unspecified atom stereocenters. The van der Waals surface area contributed by atoms with E-state index in [4.69, 9.17) is 5.73 Å². The molecule has 9 heteroatoms. The van der Waals surface area contributed by atoms with E-state index in [0.29, 0.717) is 17.9 Å². The van der Waals surface area contributed by atoms with Crippen molar-refractivity contribution in [1.82, 2.24) is 20.2 Å². The van der Waals surface area contributed by atoms with Gasteiger partial charge >= 0.3 is 6.03 Å². The number of imide groups is 1. The molecule has 36 heavy (non-hydrogen) atoms. The minimum atomic E-state index is -0.951. The molecule has 1 aliphatic heterocycles. The third-order valence-corrected chi connectivity index (χ3v) is 6.42. The number of likely N-dealkylation sites (tertiary alicyclic amines) is 1. The number of likely N-dealkylation sites (N-methyl/N-ethyl adjacent to an activating group) is 1. The number of β-lactam (4-membered cyclic amide) rings is 1.